The second kappa shape index (κ2) is 10.1. The number of nitrogens with one attached hydrogen (secondary N) is 2. The Kier molecular flexibility index (Phi) is 8.53. The van der Waals surface area contributed by atoms with Crippen LogP contribution in [0.3, 0.4) is 0 Å². The number of ether oxygens (including phenoxy) is 3. The van der Waals surface area contributed by atoms with Gasteiger partial charge in [0.05, 0.1) is 31.6 Å². The topological polar surface area (TPSA) is 85.9 Å². The van der Waals surface area contributed by atoms with E-state index in [1.54, 1.807) is 0 Å². The van der Waals surface area contributed by atoms with Gasteiger partial charge in [-0.05, 0) is 18.2 Å². The predicted octanol–water partition coefficient (Wildman–Crippen LogP) is 1.81. The number of halogens is 3. The fourth-order valence-electron chi connectivity index (χ4n) is 2.24. The van der Waals surface area contributed by atoms with Gasteiger partial charge in [0.1, 0.15) is 5.75 Å². The first-order chi connectivity index (χ1) is 11.5. The summed E-state index contributed by atoms with van der Waals surface area (Å²) in [5.41, 5.74) is 0.0816. The number of methoxy groups -OCH3 is 1. The Bertz CT molecular complexity index is 597. The second-order valence-electron chi connectivity index (χ2n) is 5.06. The van der Waals surface area contributed by atoms with Gasteiger partial charge in [0, 0.05) is 19.0 Å². The molecule has 1 atom stereocenters. The molecule has 1 saturated heterocycles. The number of anilines is 1. The number of esters is 1. The summed E-state index contributed by atoms with van der Waals surface area (Å²) in [4.78, 5) is 23.5. The van der Waals surface area contributed by atoms with Gasteiger partial charge in [-0.25, -0.2) is 4.79 Å². The molecule has 140 valence electrons. The smallest absolute Gasteiger partial charge is 0.387 e. The van der Waals surface area contributed by atoms with Gasteiger partial charge < -0.3 is 24.8 Å². The van der Waals surface area contributed by atoms with Gasteiger partial charge in [0.15, 0.2) is 0 Å². The van der Waals surface area contributed by atoms with Crippen molar-refractivity contribution in [3.05, 3.63) is 23.8 Å². The lowest BCUT2D eigenvalue weighted by atomic mass is 10.1. The molecule has 1 amide bonds. The van der Waals surface area contributed by atoms with Crippen LogP contribution in [0.5, 0.6) is 5.75 Å². The van der Waals surface area contributed by atoms with E-state index in [2.05, 4.69) is 20.1 Å². The van der Waals surface area contributed by atoms with Gasteiger partial charge >= 0.3 is 12.6 Å². The quantitative estimate of drug-likeness (QED) is 0.732. The molecule has 25 heavy (non-hydrogen) atoms. The van der Waals surface area contributed by atoms with Crippen LogP contribution in [-0.2, 0) is 14.3 Å². The van der Waals surface area contributed by atoms with Crippen LogP contribution in [0.2, 0.25) is 0 Å². The van der Waals surface area contributed by atoms with Gasteiger partial charge in [0.2, 0.25) is 5.91 Å². The van der Waals surface area contributed by atoms with Crippen molar-refractivity contribution in [2.75, 3.05) is 32.2 Å². The van der Waals surface area contributed by atoms with Crippen LogP contribution < -0.4 is 15.4 Å². The van der Waals surface area contributed by atoms with Crippen molar-refractivity contribution >= 4 is 30.0 Å². The molecule has 2 rings (SSSR count). The highest BCUT2D eigenvalue weighted by atomic mass is 35.5. The van der Waals surface area contributed by atoms with Crippen molar-refractivity contribution in [2.45, 2.75) is 19.1 Å². The summed E-state index contributed by atoms with van der Waals surface area (Å²) in [5.74, 6) is -1.40. The Morgan fingerprint density at radius 2 is 2.20 bits per heavy atom. The molecule has 7 nitrogen and oxygen atoms in total. The number of carbonyl (C=O) groups excluding carboxylic acids is 2. The minimum absolute atomic E-state index is 0. The summed E-state index contributed by atoms with van der Waals surface area (Å²) in [7, 11) is 1.17. The summed E-state index contributed by atoms with van der Waals surface area (Å²) in [6, 6.07) is 3.61. The Hall–Kier alpha value is -1.97. The van der Waals surface area contributed by atoms with E-state index in [-0.39, 0.29) is 47.8 Å². The van der Waals surface area contributed by atoms with E-state index < -0.39 is 12.6 Å². The van der Waals surface area contributed by atoms with Crippen LogP contribution in [0, 0.1) is 0 Å². The molecule has 0 bridgehead atoms. The van der Waals surface area contributed by atoms with Crippen molar-refractivity contribution in [3.63, 3.8) is 0 Å². The van der Waals surface area contributed by atoms with Crippen LogP contribution in [0.15, 0.2) is 18.2 Å². The van der Waals surface area contributed by atoms with E-state index in [1.165, 1.54) is 19.2 Å². The molecule has 1 aromatic rings. The largest absolute Gasteiger partial charge is 0.465 e. The summed E-state index contributed by atoms with van der Waals surface area (Å²) < 4.78 is 39.2. The number of benzene rings is 1. The molecular weight excluding hydrogens is 362 g/mol. The molecule has 0 spiro atoms. The third-order valence-corrected chi connectivity index (χ3v) is 3.32. The van der Waals surface area contributed by atoms with Crippen LogP contribution in [0.4, 0.5) is 14.5 Å². The normalized spacial score (nSPS) is 16.7. The highest BCUT2D eigenvalue weighted by Crippen LogP contribution is 2.28. The number of carbonyl (C=O) groups is 2. The van der Waals surface area contributed by atoms with Gasteiger partial charge in [-0.3, -0.25) is 4.79 Å². The van der Waals surface area contributed by atoms with Gasteiger partial charge in [-0.1, -0.05) is 0 Å². The third-order valence-electron chi connectivity index (χ3n) is 3.32. The number of alkyl halides is 2. The number of rotatable bonds is 6. The first-order valence-electron chi connectivity index (χ1n) is 7.27. The Balaban J connectivity index is 0.00000312. The van der Waals surface area contributed by atoms with E-state index in [0.29, 0.717) is 19.8 Å². The molecule has 0 aromatic heterocycles. The van der Waals surface area contributed by atoms with Gasteiger partial charge in [-0.15, -0.1) is 12.4 Å². The van der Waals surface area contributed by atoms with E-state index in [0.717, 1.165) is 6.07 Å². The fraction of sp³-hybridized carbons (Fsp3) is 0.467. The molecule has 0 aliphatic carbocycles. The molecule has 1 fully saturated rings. The average Bonchev–Trinajstić information content (AvgIpc) is 2.56. The molecule has 0 radical (unpaired) electrons. The molecule has 1 unspecified atom stereocenters. The number of hydrogen-bond donors (Lipinski definition) is 2. The maximum absolute atomic E-state index is 12.5. The number of amides is 1. The highest BCUT2D eigenvalue weighted by molar-refractivity contribution is 5.95. The second-order valence-corrected chi connectivity index (χ2v) is 5.06. The monoisotopic (exact) mass is 380 g/mol. The zero-order chi connectivity index (χ0) is 17.5. The minimum Gasteiger partial charge on any atom is -0.465 e. The summed E-state index contributed by atoms with van der Waals surface area (Å²) >= 11 is 0. The lowest BCUT2D eigenvalue weighted by molar-refractivity contribution is -0.117. The minimum atomic E-state index is -3.10. The molecule has 10 heteroatoms. The van der Waals surface area contributed by atoms with Crippen LogP contribution >= 0.6 is 12.4 Å². The van der Waals surface area contributed by atoms with Gasteiger partial charge in [0.25, 0.3) is 0 Å². The Morgan fingerprint density at radius 3 is 2.80 bits per heavy atom. The number of hydrogen-bond acceptors (Lipinski definition) is 6. The van der Waals surface area contributed by atoms with E-state index in [9.17, 15) is 18.4 Å². The SMILES string of the molecule is COC(=O)c1ccc(NC(=O)CC2COCCN2)c(OC(F)F)c1.Cl. The van der Waals surface area contributed by atoms with Crippen LogP contribution in [0.25, 0.3) is 0 Å². The predicted molar refractivity (Wildman–Crippen MR) is 87.5 cm³/mol. The summed E-state index contributed by atoms with van der Waals surface area (Å²) in [5, 5.41) is 5.62. The van der Waals surface area contributed by atoms with Crippen molar-refractivity contribution in [1.29, 1.82) is 0 Å². The van der Waals surface area contributed by atoms with Crippen LogP contribution in [0.1, 0.15) is 16.8 Å². The lowest BCUT2D eigenvalue weighted by Gasteiger charge is -2.23. The van der Waals surface area contributed by atoms with Crippen molar-refractivity contribution in [1.82, 2.24) is 5.32 Å². The molecule has 1 aliphatic rings. The highest BCUT2D eigenvalue weighted by Gasteiger charge is 2.19. The summed E-state index contributed by atoms with van der Waals surface area (Å²) in [6.45, 7) is -1.47. The van der Waals surface area contributed by atoms with Crippen LogP contribution in [-0.4, -0.2) is 51.4 Å². The van der Waals surface area contributed by atoms with Gasteiger partial charge in [-0.2, -0.15) is 8.78 Å². The maximum Gasteiger partial charge on any atom is 0.387 e. The molecule has 1 aromatic carbocycles. The molecule has 1 aliphatic heterocycles. The third kappa shape index (κ3) is 6.45. The maximum atomic E-state index is 12.5. The zero-order valence-corrected chi connectivity index (χ0v) is 14.2. The van der Waals surface area contributed by atoms with Crippen molar-refractivity contribution in [3.8, 4) is 5.75 Å². The molecular formula is C15H19ClF2N2O5. The first kappa shape index (κ1) is 21.1. The lowest BCUT2D eigenvalue weighted by Crippen LogP contribution is -2.43. The fourth-order valence-corrected chi connectivity index (χ4v) is 2.24. The molecule has 0 saturated carbocycles. The van der Waals surface area contributed by atoms with E-state index in [1.807, 2.05) is 0 Å². The van der Waals surface area contributed by atoms with E-state index in [4.69, 9.17) is 4.74 Å². The Morgan fingerprint density at radius 1 is 1.44 bits per heavy atom. The first-order valence-corrected chi connectivity index (χ1v) is 7.27. The van der Waals surface area contributed by atoms with Crippen molar-refractivity contribution < 1.29 is 32.6 Å². The van der Waals surface area contributed by atoms with Crippen molar-refractivity contribution in [2.24, 2.45) is 0 Å². The number of morpholine rings is 1. The molecule has 2 N–H and O–H groups in total. The van der Waals surface area contributed by atoms with E-state index >= 15 is 0 Å². The molecule has 1 heterocycles. The average molecular weight is 381 g/mol. The zero-order valence-electron chi connectivity index (χ0n) is 13.4. The standard InChI is InChI=1S/C15H18F2N2O5.ClH/c1-22-14(21)9-2-3-11(12(6-9)24-15(16)17)19-13(20)7-10-8-23-5-4-18-10;/h2-3,6,10,15,18H,4-5,7-8H2,1H3,(H,19,20);1H. The summed E-state index contributed by atoms with van der Waals surface area (Å²) in [6.07, 6.45) is 0.118. The Labute approximate surface area is 149 Å².